The molecule has 0 aliphatic heterocycles. The molecule has 0 unspecified atom stereocenters. The summed E-state index contributed by atoms with van der Waals surface area (Å²) >= 11 is 7.11. The molecule has 1 heterocycles. The Morgan fingerprint density at radius 3 is 2.56 bits per heavy atom. The number of benzene rings is 2. The molecule has 0 atom stereocenters. The first-order valence-corrected chi connectivity index (χ1v) is 6.72. The highest BCUT2D eigenvalue weighted by Crippen LogP contribution is 2.18. The van der Waals surface area contributed by atoms with Crippen molar-refractivity contribution in [1.82, 2.24) is 3.96 Å². The molecule has 90 valence electrons. The Morgan fingerprint density at radius 1 is 1.06 bits per heavy atom. The van der Waals surface area contributed by atoms with E-state index in [0.29, 0.717) is 10.9 Å². The van der Waals surface area contributed by atoms with Crippen LogP contribution >= 0.6 is 23.1 Å². The second-order valence-corrected chi connectivity index (χ2v) is 5.79. The fourth-order valence-corrected chi connectivity index (χ4v) is 3.02. The van der Waals surface area contributed by atoms with Crippen LogP contribution in [0.25, 0.3) is 10.8 Å². The lowest BCUT2D eigenvalue weighted by Gasteiger charge is -2.03. The van der Waals surface area contributed by atoms with Gasteiger partial charge >= 0.3 is 0 Å². The van der Waals surface area contributed by atoms with Crippen LogP contribution in [0, 0.1) is 0 Å². The number of nitrogens with zero attached hydrogens (tertiary/aromatic N) is 1. The van der Waals surface area contributed by atoms with Gasteiger partial charge in [-0.05, 0) is 33.9 Å². The molecule has 0 radical (unpaired) electrons. The molecule has 0 bridgehead atoms. The second kappa shape index (κ2) is 4.59. The Bertz CT molecular complexity index is 760. The number of hydrogen-bond donors (Lipinski definition) is 0. The summed E-state index contributed by atoms with van der Waals surface area (Å²) in [7, 11) is 0. The molecule has 0 saturated heterocycles. The summed E-state index contributed by atoms with van der Waals surface area (Å²) in [6.45, 7) is 0.570. The topological polar surface area (TPSA) is 22.0 Å². The molecule has 18 heavy (non-hydrogen) atoms. The first-order chi connectivity index (χ1) is 8.72. The minimum absolute atomic E-state index is 0.0434. The highest BCUT2D eigenvalue weighted by Gasteiger charge is 2.03. The van der Waals surface area contributed by atoms with E-state index in [1.807, 2.05) is 18.2 Å². The predicted molar refractivity (Wildman–Crippen MR) is 76.6 cm³/mol. The van der Waals surface area contributed by atoms with Crippen LogP contribution in [0.15, 0.2) is 53.3 Å². The van der Waals surface area contributed by atoms with Gasteiger partial charge in [0.25, 0.3) is 5.56 Å². The van der Waals surface area contributed by atoms with Gasteiger partial charge in [0.15, 0.2) is 0 Å². The minimum Gasteiger partial charge on any atom is -0.268 e. The Balaban J connectivity index is 2.00. The van der Waals surface area contributed by atoms with Crippen LogP contribution in [0.3, 0.4) is 0 Å². The summed E-state index contributed by atoms with van der Waals surface area (Å²) in [6, 6.07) is 15.9. The standard InChI is InChI=1S/C14H10ClNOS/c15-13-8-14(17)16(18-13)9-10-5-6-11-3-1-2-4-12(11)7-10/h1-8H,9H2. The summed E-state index contributed by atoms with van der Waals surface area (Å²) in [5.41, 5.74) is 1.06. The van der Waals surface area contributed by atoms with Gasteiger partial charge in [-0.2, -0.15) is 0 Å². The van der Waals surface area contributed by atoms with E-state index < -0.39 is 0 Å². The molecule has 0 spiro atoms. The smallest absolute Gasteiger partial charge is 0.262 e. The molecule has 0 fully saturated rings. The molecular weight excluding hydrogens is 266 g/mol. The van der Waals surface area contributed by atoms with Gasteiger partial charge in [-0.3, -0.25) is 8.75 Å². The normalized spacial score (nSPS) is 10.9. The molecular formula is C14H10ClNOS. The lowest BCUT2D eigenvalue weighted by molar-refractivity contribution is 0.851. The Morgan fingerprint density at radius 2 is 1.83 bits per heavy atom. The van der Waals surface area contributed by atoms with Gasteiger partial charge in [0.05, 0.1) is 6.54 Å². The van der Waals surface area contributed by atoms with Crippen LogP contribution in [0.1, 0.15) is 5.56 Å². The maximum atomic E-state index is 11.6. The Hall–Kier alpha value is -1.58. The van der Waals surface area contributed by atoms with Crippen LogP contribution in [0.2, 0.25) is 4.34 Å². The monoisotopic (exact) mass is 275 g/mol. The fourth-order valence-electron chi connectivity index (χ4n) is 1.96. The van der Waals surface area contributed by atoms with Crippen molar-refractivity contribution in [3.8, 4) is 0 Å². The molecule has 0 amide bonds. The Kier molecular flexibility index (Phi) is 2.94. The fraction of sp³-hybridized carbons (Fsp3) is 0.0714. The van der Waals surface area contributed by atoms with E-state index in [-0.39, 0.29) is 5.56 Å². The van der Waals surface area contributed by atoms with Crippen molar-refractivity contribution in [3.05, 3.63) is 68.8 Å². The predicted octanol–water partition coefficient (Wildman–Crippen LogP) is 3.76. The van der Waals surface area contributed by atoms with E-state index in [1.165, 1.54) is 28.4 Å². The summed E-state index contributed by atoms with van der Waals surface area (Å²) in [5.74, 6) is 0. The van der Waals surface area contributed by atoms with E-state index >= 15 is 0 Å². The Labute approximate surface area is 113 Å². The summed E-state index contributed by atoms with van der Waals surface area (Å²) < 4.78 is 2.19. The van der Waals surface area contributed by atoms with Crippen LogP contribution < -0.4 is 5.56 Å². The van der Waals surface area contributed by atoms with Gasteiger partial charge < -0.3 is 0 Å². The van der Waals surface area contributed by atoms with Crippen molar-refractivity contribution in [3.63, 3.8) is 0 Å². The van der Waals surface area contributed by atoms with E-state index in [9.17, 15) is 4.79 Å². The molecule has 1 aromatic heterocycles. The van der Waals surface area contributed by atoms with Crippen LogP contribution in [-0.4, -0.2) is 3.96 Å². The molecule has 2 nitrogen and oxygen atoms in total. The van der Waals surface area contributed by atoms with Gasteiger partial charge in [-0.1, -0.05) is 48.0 Å². The van der Waals surface area contributed by atoms with Gasteiger partial charge in [0.2, 0.25) is 0 Å². The van der Waals surface area contributed by atoms with Crippen molar-refractivity contribution in [2.24, 2.45) is 0 Å². The lowest BCUT2D eigenvalue weighted by atomic mass is 10.1. The average Bonchev–Trinajstić information content (AvgIpc) is 2.68. The molecule has 3 rings (SSSR count). The zero-order valence-electron chi connectivity index (χ0n) is 9.47. The van der Waals surface area contributed by atoms with Crippen molar-refractivity contribution in [1.29, 1.82) is 0 Å². The largest absolute Gasteiger partial charge is 0.268 e. The zero-order valence-corrected chi connectivity index (χ0v) is 11.0. The van der Waals surface area contributed by atoms with E-state index in [2.05, 4.69) is 24.3 Å². The van der Waals surface area contributed by atoms with Gasteiger partial charge in [-0.15, -0.1) is 0 Å². The van der Waals surface area contributed by atoms with Crippen molar-refractivity contribution >= 4 is 33.9 Å². The maximum Gasteiger partial charge on any atom is 0.262 e. The summed E-state index contributed by atoms with van der Waals surface area (Å²) in [5, 5.41) is 2.39. The van der Waals surface area contributed by atoms with Gasteiger partial charge in [0, 0.05) is 6.07 Å². The van der Waals surface area contributed by atoms with Crippen LogP contribution in [-0.2, 0) is 6.54 Å². The number of fused-ring (bicyclic) bond motifs is 1. The molecule has 0 saturated carbocycles. The molecule has 4 heteroatoms. The first-order valence-electron chi connectivity index (χ1n) is 5.57. The maximum absolute atomic E-state index is 11.6. The second-order valence-electron chi connectivity index (χ2n) is 4.10. The lowest BCUT2D eigenvalue weighted by Crippen LogP contribution is -2.12. The van der Waals surface area contributed by atoms with Crippen molar-refractivity contribution < 1.29 is 0 Å². The van der Waals surface area contributed by atoms with Crippen LogP contribution in [0.4, 0.5) is 0 Å². The SMILES string of the molecule is O=c1cc(Cl)sn1Cc1ccc2ccccc2c1. The van der Waals surface area contributed by atoms with Gasteiger partial charge in [0.1, 0.15) is 4.34 Å². The number of rotatable bonds is 2. The van der Waals surface area contributed by atoms with Crippen molar-refractivity contribution in [2.75, 3.05) is 0 Å². The van der Waals surface area contributed by atoms with Crippen molar-refractivity contribution in [2.45, 2.75) is 6.54 Å². The number of halogens is 1. The van der Waals surface area contributed by atoms with E-state index in [0.717, 1.165) is 5.56 Å². The molecule has 0 aliphatic rings. The number of aromatic nitrogens is 1. The average molecular weight is 276 g/mol. The number of hydrogen-bond acceptors (Lipinski definition) is 2. The molecule has 0 N–H and O–H groups in total. The molecule has 3 aromatic rings. The minimum atomic E-state index is -0.0434. The highest BCUT2D eigenvalue weighted by molar-refractivity contribution is 7.11. The summed E-state index contributed by atoms with van der Waals surface area (Å²) in [4.78, 5) is 11.6. The third kappa shape index (κ3) is 2.19. The van der Waals surface area contributed by atoms with E-state index in [4.69, 9.17) is 11.6 Å². The third-order valence-electron chi connectivity index (χ3n) is 2.82. The van der Waals surface area contributed by atoms with Crippen LogP contribution in [0.5, 0.6) is 0 Å². The summed E-state index contributed by atoms with van der Waals surface area (Å²) in [6.07, 6.45) is 0. The molecule has 0 aliphatic carbocycles. The highest BCUT2D eigenvalue weighted by atomic mass is 35.5. The van der Waals surface area contributed by atoms with Gasteiger partial charge in [-0.25, -0.2) is 0 Å². The quantitative estimate of drug-likeness (QED) is 0.698. The zero-order chi connectivity index (χ0) is 12.5. The molecule has 2 aromatic carbocycles. The third-order valence-corrected chi connectivity index (χ3v) is 3.96. The van der Waals surface area contributed by atoms with E-state index in [1.54, 1.807) is 3.96 Å². The first kappa shape index (κ1) is 11.5.